The number of hydrogen-bond acceptors (Lipinski definition) is 3. The summed E-state index contributed by atoms with van der Waals surface area (Å²) in [7, 11) is 0. The van der Waals surface area contributed by atoms with Crippen molar-refractivity contribution < 1.29 is 51.0 Å². The molecule has 0 aromatic carbocycles. The van der Waals surface area contributed by atoms with Gasteiger partial charge in [0.05, 0.1) is 105 Å². The summed E-state index contributed by atoms with van der Waals surface area (Å²) in [5.74, 6) is 0. The van der Waals surface area contributed by atoms with Crippen LogP contribution in [0.3, 0.4) is 0 Å². The largest absolute Gasteiger partial charge is 1.00 e. The summed E-state index contributed by atoms with van der Waals surface area (Å²) in [5, 5.41) is 0. The summed E-state index contributed by atoms with van der Waals surface area (Å²) < 4.78 is 14.0. The van der Waals surface area contributed by atoms with Crippen LogP contribution in [-0.4, -0.2) is 142 Å². The average Bonchev–Trinajstić information content (AvgIpc) is 3.46. The van der Waals surface area contributed by atoms with Crippen molar-refractivity contribution in [2.45, 2.75) is 124 Å². The van der Waals surface area contributed by atoms with Crippen LogP contribution in [0.1, 0.15) is 118 Å². The fraction of sp³-hybridized carbons (Fsp3) is 0.972. The molecule has 1 fully saturated rings. The summed E-state index contributed by atoms with van der Waals surface area (Å²) in [6.45, 7) is 59.1. The molecule has 0 aromatic rings. The number of ether oxygens (including phenoxy) is 2. The van der Waals surface area contributed by atoms with Crippen molar-refractivity contribution in [1.29, 1.82) is 0 Å². The Morgan fingerprint density at radius 3 is 0.574 bits per heavy atom. The van der Waals surface area contributed by atoms with Crippen LogP contribution >= 0.6 is 0 Å². The highest BCUT2D eigenvalue weighted by Gasteiger charge is 2.20. The number of hydrogen-bond donors (Lipinski definition) is 0. The molecule has 1 rings (SSSR count). The van der Waals surface area contributed by atoms with Crippen LogP contribution < -0.4 is 18.8 Å². The van der Waals surface area contributed by atoms with Gasteiger partial charge in [-0.05, 0) is 118 Å². The summed E-state index contributed by atoms with van der Waals surface area (Å²) in [4.78, 5) is 10.0. The van der Waals surface area contributed by atoms with Crippen molar-refractivity contribution in [3.63, 3.8) is 0 Å². The molecule has 47 heavy (non-hydrogen) atoms. The Bertz CT molecular complexity index is 469. The molecule has 0 N–H and O–H groups in total. The van der Waals surface area contributed by atoms with Gasteiger partial charge >= 0.3 is 6.16 Å². The van der Waals surface area contributed by atoms with E-state index < -0.39 is 6.16 Å². The van der Waals surface area contributed by atoms with Gasteiger partial charge in [-0.3, -0.25) is 0 Å². The van der Waals surface area contributed by atoms with E-state index >= 15 is 0 Å². The molecule has 0 saturated carbocycles. The van der Waals surface area contributed by atoms with Gasteiger partial charge in [0.25, 0.3) is 0 Å². The topological polar surface area (TPSA) is 35.5 Å². The van der Waals surface area contributed by atoms with Gasteiger partial charge < -0.3 is 46.2 Å². The highest BCUT2D eigenvalue weighted by Crippen LogP contribution is 2.06. The molecular formula is C36H86F4N4O3. The molecule has 1 aliphatic heterocycles. The first kappa shape index (κ1) is 64.4. The lowest BCUT2D eigenvalue weighted by Gasteiger charge is -2.34. The van der Waals surface area contributed by atoms with Crippen molar-refractivity contribution in [3.8, 4) is 0 Å². The number of carbonyl (C=O) groups excluding carboxylic acids is 1. The maximum absolute atomic E-state index is 10.0. The van der Waals surface area contributed by atoms with Crippen LogP contribution in [0.4, 0.5) is 4.79 Å². The Balaban J connectivity index is -0.0000000661. The molecular weight excluding hydrogens is 612 g/mol. The Labute approximate surface area is 292 Å². The van der Waals surface area contributed by atoms with Crippen molar-refractivity contribution in [1.82, 2.24) is 0 Å². The fourth-order valence-electron chi connectivity index (χ4n) is 5.78. The second kappa shape index (κ2) is 37.6. The monoisotopic (exact) mass is 699 g/mol. The van der Waals surface area contributed by atoms with Crippen molar-refractivity contribution in [2.75, 3.05) is 111 Å². The minimum Gasteiger partial charge on any atom is -1.00 e. The maximum Gasteiger partial charge on any atom is 0.508 e. The molecule has 0 aromatic heterocycles. The molecule has 1 saturated heterocycles. The number of cyclic esters (lactones) is 2. The summed E-state index contributed by atoms with van der Waals surface area (Å²) in [6.07, 6.45) is -0.597. The Morgan fingerprint density at radius 1 is 0.404 bits per heavy atom. The molecule has 1 unspecified atom stereocenters. The fourth-order valence-corrected chi connectivity index (χ4v) is 5.78. The first-order valence-corrected chi connectivity index (χ1v) is 18.5. The van der Waals surface area contributed by atoms with E-state index in [2.05, 4.69) is 120 Å². The molecule has 11 heteroatoms. The van der Waals surface area contributed by atoms with E-state index in [9.17, 15) is 4.79 Å². The van der Waals surface area contributed by atoms with E-state index in [-0.39, 0.29) is 24.9 Å². The number of nitrogens with zero attached hydrogens (tertiary/aromatic N) is 4. The van der Waals surface area contributed by atoms with E-state index in [0.29, 0.717) is 6.61 Å². The minimum atomic E-state index is -0.549. The van der Waals surface area contributed by atoms with Crippen LogP contribution in [-0.2, 0) is 9.47 Å². The molecule has 1 aliphatic rings. The van der Waals surface area contributed by atoms with Crippen LogP contribution in [0, 0.1) is 0 Å². The highest BCUT2D eigenvalue weighted by molar-refractivity contribution is 5.61. The average molecular weight is 699 g/mol. The second-order valence-corrected chi connectivity index (χ2v) is 11.9. The smallest absolute Gasteiger partial charge is 0.508 e. The van der Waals surface area contributed by atoms with Crippen molar-refractivity contribution >= 4 is 6.16 Å². The summed E-state index contributed by atoms with van der Waals surface area (Å²) >= 11 is 0. The van der Waals surface area contributed by atoms with Gasteiger partial charge in [0.2, 0.25) is 0 Å². The van der Waals surface area contributed by atoms with E-state index in [1.54, 1.807) is 6.92 Å². The van der Waals surface area contributed by atoms with E-state index in [0.717, 1.165) is 0 Å². The third kappa shape index (κ3) is 26.4. The van der Waals surface area contributed by atoms with Gasteiger partial charge in [-0.2, -0.15) is 0 Å². The van der Waals surface area contributed by atoms with Gasteiger partial charge in [-0.1, -0.05) is 0 Å². The lowest BCUT2D eigenvalue weighted by atomic mass is 10.3. The maximum atomic E-state index is 10.0. The lowest BCUT2D eigenvalue weighted by molar-refractivity contribution is -0.921. The molecule has 0 amide bonds. The van der Waals surface area contributed by atoms with Crippen LogP contribution in [0.2, 0.25) is 0 Å². The van der Waals surface area contributed by atoms with Gasteiger partial charge in [0, 0.05) is 0 Å². The zero-order chi connectivity index (χ0) is 34.6. The zero-order valence-corrected chi connectivity index (χ0v) is 34.6. The van der Waals surface area contributed by atoms with Gasteiger partial charge in [0.15, 0.2) is 0 Å². The molecule has 0 radical (unpaired) electrons. The number of rotatable bonds is 16. The summed E-state index contributed by atoms with van der Waals surface area (Å²) in [6, 6.07) is 0. The number of quaternary nitrogens is 4. The molecule has 0 aliphatic carbocycles. The normalized spacial score (nSPS) is 13.6. The van der Waals surface area contributed by atoms with E-state index in [4.69, 9.17) is 0 Å². The predicted octanol–water partition coefficient (Wildman–Crippen LogP) is -3.91. The van der Waals surface area contributed by atoms with Crippen molar-refractivity contribution in [3.05, 3.63) is 0 Å². The van der Waals surface area contributed by atoms with Crippen LogP contribution in [0.5, 0.6) is 0 Å². The van der Waals surface area contributed by atoms with E-state index in [1.165, 1.54) is 123 Å². The molecule has 296 valence electrons. The molecule has 0 bridgehead atoms. The highest BCUT2D eigenvalue weighted by atomic mass is 19.0. The lowest BCUT2D eigenvalue weighted by Crippen LogP contribution is -3.00. The van der Waals surface area contributed by atoms with Gasteiger partial charge in [-0.15, -0.1) is 0 Å². The number of carbonyl (C=O) groups is 1. The number of halogens is 4. The Hall–Kier alpha value is -1.17. The minimum absolute atomic E-state index is 0. The molecule has 1 atom stereocenters. The van der Waals surface area contributed by atoms with Crippen LogP contribution in [0.15, 0.2) is 0 Å². The van der Waals surface area contributed by atoms with Gasteiger partial charge in [-0.25, -0.2) is 4.79 Å². The first-order valence-electron chi connectivity index (χ1n) is 18.5. The SMILES string of the molecule is CC1COC(=O)O1.CC[N+](CC)(CC)CC.CC[N+](CC)(CC)CC.CC[N+](CC)(CC)CC.CC[N+](CC)(CC)CC.[F-].[F-].[F-].[F-]. The third-order valence-electron chi connectivity index (χ3n) is 11.5. The Kier molecular flexibility index (Phi) is 51.5. The molecule has 1 heterocycles. The summed E-state index contributed by atoms with van der Waals surface area (Å²) in [5.41, 5.74) is 0. The van der Waals surface area contributed by atoms with E-state index in [1.807, 2.05) is 0 Å². The van der Waals surface area contributed by atoms with Crippen molar-refractivity contribution in [2.24, 2.45) is 0 Å². The second-order valence-electron chi connectivity index (χ2n) is 11.9. The van der Waals surface area contributed by atoms with Crippen LogP contribution in [0.25, 0.3) is 0 Å². The predicted molar refractivity (Wildman–Crippen MR) is 192 cm³/mol. The quantitative estimate of drug-likeness (QED) is 0.0941. The molecule has 0 spiro atoms. The first-order chi connectivity index (χ1) is 20.3. The zero-order valence-electron chi connectivity index (χ0n) is 34.6. The van der Waals surface area contributed by atoms with Gasteiger partial charge in [0.1, 0.15) is 12.7 Å². The third-order valence-corrected chi connectivity index (χ3v) is 11.5. The molecule has 7 nitrogen and oxygen atoms in total. The Morgan fingerprint density at radius 2 is 0.553 bits per heavy atom. The standard InChI is InChI=1S/4C8H20N.C4H6O3.4FH/c4*1-5-9(6-2,7-3)8-4;1-3-2-6-4(5)7-3;;;;/h4*5-8H2,1-4H3;3H,2H2,1H3;4*1H/q4*+1;;;;;/p-4.